The minimum Gasteiger partial charge on any atom is -0.300 e. The van der Waals surface area contributed by atoms with Crippen molar-refractivity contribution in [3.05, 3.63) is 87.0 Å². The van der Waals surface area contributed by atoms with Crippen LogP contribution in [0.3, 0.4) is 0 Å². The van der Waals surface area contributed by atoms with Crippen LogP contribution < -0.4 is 0 Å². The number of hydrogen-bond acceptors (Lipinski definition) is 1. The fraction of sp³-hybridized carbons (Fsp3) is 0.261. The van der Waals surface area contributed by atoms with Gasteiger partial charge in [-0.3, -0.25) is 5.41 Å². The summed E-state index contributed by atoms with van der Waals surface area (Å²) in [5, 5.41) is 8.86. The van der Waals surface area contributed by atoms with E-state index >= 15 is 0 Å². The molecule has 0 radical (unpaired) electrons. The zero-order valence-corrected chi connectivity index (χ0v) is 15.2. The van der Waals surface area contributed by atoms with Gasteiger partial charge in [-0.2, -0.15) is 0 Å². The van der Waals surface area contributed by atoms with E-state index in [1.54, 1.807) is 0 Å². The third-order valence-corrected chi connectivity index (χ3v) is 5.24. The highest BCUT2D eigenvalue weighted by Crippen LogP contribution is 2.35. The van der Waals surface area contributed by atoms with Crippen molar-refractivity contribution in [1.29, 1.82) is 5.41 Å². The maximum absolute atomic E-state index is 8.86. The van der Waals surface area contributed by atoms with Gasteiger partial charge in [0.2, 0.25) is 0 Å². The molecule has 1 heteroatoms. The minimum atomic E-state index is 0.621. The van der Waals surface area contributed by atoms with Crippen molar-refractivity contribution in [1.82, 2.24) is 0 Å². The van der Waals surface area contributed by atoms with Crippen LogP contribution in [0.1, 0.15) is 53.6 Å². The number of nitrogens with one attached hydrogen (secondary N) is 1. The van der Waals surface area contributed by atoms with E-state index in [-0.39, 0.29) is 0 Å². The molecule has 0 unspecified atom stereocenters. The van der Waals surface area contributed by atoms with Crippen LogP contribution in [0.15, 0.2) is 53.6 Å². The summed E-state index contributed by atoms with van der Waals surface area (Å²) in [7, 11) is 0. The average molecular weight is 315 g/mol. The molecule has 0 bridgehead atoms. The van der Waals surface area contributed by atoms with E-state index in [1.807, 2.05) is 6.07 Å². The third-order valence-electron chi connectivity index (χ3n) is 5.24. The molecule has 0 aromatic heterocycles. The third kappa shape index (κ3) is 2.75. The van der Waals surface area contributed by atoms with E-state index < -0.39 is 0 Å². The summed E-state index contributed by atoms with van der Waals surface area (Å²) in [4.78, 5) is 0. The zero-order chi connectivity index (χ0) is 17.4. The first-order valence-electron chi connectivity index (χ1n) is 8.52. The second kappa shape index (κ2) is 6.24. The van der Waals surface area contributed by atoms with E-state index in [4.69, 9.17) is 5.41 Å². The Bertz CT molecular complexity index is 894. The van der Waals surface area contributed by atoms with Gasteiger partial charge in [-0.05, 0) is 74.4 Å². The molecule has 0 aliphatic heterocycles. The molecule has 0 spiro atoms. The van der Waals surface area contributed by atoms with Crippen LogP contribution in [0.4, 0.5) is 0 Å². The molecule has 0 amide bonds. The van der Waals surface area contributed by atoms with Crippen molar-refractivity contribution in [3.63, 3.8) is 0 Å². The van der Waals surface area contributed by atoms with Gasteiger partial charge in [0.25, 0.3) is 0 Å². The van der Waals surface area contributed by atoms with Crippen LogP contribution in [-0.2, 0) is 0 Å². The molecule has 3 rings (SSSR count). The lowest BCUT2D eigenvalue weighted by Gasteiger charge is -2.16. The van der Waals surface area contributed by atoms with Crippen LogP contribution in [0.5, 0.6) is 0 Å². The van der Waals surface area contributed by atoms with Crippen LogP contribution in [0.25, 0.3) is 5.57 Å². The molecule has 1 nitrogen and oxygen atoms in total. The summed E-state index contributed by atoms with van der Waals surface area (Å²) < 4.78 is 0. The van der Waals surface area contributed by atoms with Crippen LogP contribution in [-0.4, -0.2) is 5.71 Å². The van der Waals surface area contributed by atoms with Crippen molar-refractivity contribution in [3.8, 4) is 0 Å². The normalized spacial score (nSPS) is 14.1. The molecule has 0 saturated heterocycles. The number of hydrogen-bond donors (Lipinski definition) is 1. The van der Waals surface area contributed by atoms with E-state index in [0.29, 0.717) is 5.71 Å². The van der Waals surface area contributed by atoms with Gasteiger partial charge in [0.05, 0.1) is 5.71 Å². The maximum Gasteiger partial charge on any atom is 0.0693 e. The largest absolute Gasteiger partial charge is 0.300 e. The monoisotopic (exact) mass is 315 g/mol. The molecule has 122 valence electrons. The van der Waals surface area contributed by atoms with E-state index in [2.05, 4.69) is 71.0 Å². The topological polar surface area (TPSA) is 23.9 Å². The number of allylic oxidation sites excluding steroid dienone is 4. The van der Waals surface area contributed by atoms with Gasteiger partial charge in [-0.15, -0.1) is 0 Å². The Hall–Kier alpha value is -2.41. The SMILES string of the molecule is CC1=CC(C)=C(c2ccccc2C(=N)c2ccc(C)c(C)c2C)C1. The quantitative estimate of drug-likeness (QED) is 0.657. The van der Waals surface area contributed by atoms with Gasteiger partial charge in [0.15, 0.2) is 0 Å². The fourth-order valence-electron chi connectivity index (χ4n) is 3.57. The molecule has 0 heterocycles. The highest BCUT2D eigenvalue weighted by molar-refractivity contribution is 6.14. The number of benzene rings is 2. The molecular formula is C23H25N. The van der Waals surface area contributed by atoms with Crippen LogP contribution in [0.2, 0.25) is 0 Å². The molecule has 0 atom stereocenters. The second-order valence-corrected chi connectivity index (χ2v) is 6.93. The lowest BCUT2D eigenvalue weighted by Crippen LogP contribution is -2.08. The summed E-state index contributed by atoms with van der Waals surface area (Å²) >= 11 is 0. The number of aryl methyl sites for hydroxylation is 1. The lowest BCUT2D eigenvalue weighted by atomic mass is 9.88. The smallest absolute Gasteiger partial charge is 0.0693 e. The molecule has 0 fully saturated rings. The van der Waals surface area contributed by atoms with Gasteiger partial charge in [-0.1, -0.05) is 48.0 Å². The van der Waals surface area contributed by atoms with Crippen molar-refractivity contribution in [2.75, 3.05) is 0 Å². The summed E-state index contributed by atoms with van der Waals surface area (Å²) in [6.45, 7) is 10.8. The first kappa shape index (κ1) is 16.4. The predicted octanol–water partition coefficient (Wildman–Crippen LogP) is 6.15. The van der Waals surface area contributed by atoms with Crippen LogP contribution >= 0.6 is 0 Å². The van der Waals surface area contributed by atoms with Gasteiger partial charge in [0.1, 0.15) is 0 Å². The van der Waals surface area contributed by atoms with Crippen molar-refractivity contribution < 1.29 is 0 Å². The summed E-state index contributed by atoms with van der Waals surface area (Å²) in [5.74, 6) is 0. The van der Waals surface area contributed by atoms with E-state index in [0.717, 1.165) is 17.5 Å². The molecule has 2 aromatic carbocycles. The predicted molar refractivity (Wildman–Crippen MR) is 104 cm³/mol. The highest BCUT2D eigenvalue weighted by atomic mass is 14.4. The maximum atomic E-state index is 8.86. The van der Waals surface area contributed by atoms with E-state index in [1.165, 1.54) is 39.0 Å². The van der Waals surface area contributed by atoms with E-state index in [9.17, 15) is 0 Å². The zero-order valence-electron chi connectivity index (χ0n) is 15.2. The van der Waals surface area contributed by atoms with Gasteiger partial charge in [0, 0.05) is 11.1 Å². The molecule has 1 aliphatic rings. The lowest BCUT2D eigenvalue weighted by molar-refractivity contribution is 1.24. The second-order valence-electron chi connectivity index (χ2n) is 6.93. The Balaban J connectivity index is 2.11. The Morgan fingerprint density at radius 3 is 2.21 bits per heavy atom. The molecule has 0 saturated carbocycles. The summed E-state index contributed by atoms with van der Waals surface area (Å²) in [6.07, 6.45) is 3.25. The van der Waals surface area contributed by atoms with Crippen molar-refractivity contribution in [2.24, 2.45) is 0 Å². The Morgan fingerprint density at radius 2 is 1.54 bits per heavy atom. The molecule has 1 N–H and O–H groups in total. The first-order chi connectivity index (χ1) is 11.4. The van der Waals surface area contributed by atoms with Gasteiger partial charge in [-0.25, -0.2) is 0 Å². The highest BCUT2D eigenvalue weighted by Gasteiger charge is 2.19. The van der Waals surface area contributed by atoms with Gasteiger partial charge < -0.3 is 0 Å². The Kier molecular flexibility index (Phi) is 4.28. The first-order valence-corrected chi connectivity index (χ1v) is 8.52. The molecule has 2 aromatic rings. The molecule has 1 aliphatic carbocycles. The minimum absolute atomic E-state index is 0.621. The summed E-state index contributed by atoms with van der Waals surface area (Å²) in [5.41, 5.74) is 11.7. The van der Waals surface area contributed by atoms with Crippen molar-refractivity contribution in [2.45, 2.75) is 41.0 Å². The Labute approximate surface area is 145 Å². The van der Waals surface area contributed by atoms with Crippen LogP contribution in [0, 0.1) is 26.2 Å². The van der Waals surface area contributed by atoms with Gasteiger partial charge >= 0.3 is 0 Å². The summed E-state index contributed by atoms with van der Waals surface area (Å²) in [6, 6.07) is 12.6. The molecule has 24 heavy (non-hydrogen) atoms. The molecular weight excluding hydrogens is 290 g/mol. The number of rotatable bonds is 3. The standard InChI is InChI=1S/C23H25N/c1-14-12-16(3)22(13-14)20-8-6-7-9-21(20)23(24)19-11-10-15(2)17(4)18(19)5/h6-12,24H,13H2,1-5H3. The fourth-order valence-corrected chi connectivity index (χ4v) is 3.57. The average Bonchev–Trinajstić information content (AvgIpc) is 2.90. The van der Waals surface area contributed by atoms with Crippen molar-refractivity contribution >= 4 is 11.3 Å². The Morgan fingerprint density at radius 1 is 0.833 bits per heavy atom.